The van der Waals surface area contributed by atoms with E-state index in [9.17, 15) is 9.59 Å². The van der Waals surface area contributed by atoms with Crippen molar-refractivity contribution in [1.29, 1.82) is 0 Å². The Morgan fingerprint density at radius 2 is 1.62 bits per heavy atom. The zero-order valence-electron chi connectivity index (χ0n) is 14.1. The molecule has 1 aliphatic heterocycles. The van der Waals surface area contributed by atoms with E-state index in [0.29, 0.717) is 17.5 Å². The molecule has 2 heterocycles. The number of rotatable bonds is 0. The van der Waals surface area contributed by atoms with Gasteiger partial charge in [-0.15, -0.1) is 0 Å². The van der Waals surface area contributed by atoms with Gasteiger partial charge in [-0.25, -0.2) is 0 Å². The number of amides is 2. The highest BCUT2D eigenvalue weighted by Crippen LogP contribution is 2.48. The van der Waals surface area contributed by atoms with Crippen LogP contribution in [0.3, 0.4) is 0 Å². The molecule has 4 nitrogen and oxygen atoms in total. The Kier molecular flexibility index (Phi) is 2.35. The van der Waals surface area contributed by atoms with Gasteiger partial charge < -0.3 is 4.57 Å². The van der Waals surface area contributed by atoms with E-state index in [-0.39, 0.29) is 11.8 Å². The minimum absolute atomic E-state index is 0.274. The van der Waals surface area contributed by atoms with Crippen molar-refractivity contribution in [2.24, 2.45) is 7.05 Å². The summed E-state index contributed by atoms with van der Waals surface area (Å²) in [7, 11) is 2.03. The molecule has 6 rings (SSSR count). The van der Waals surface area contributed by atoms with E-state index in [1.54, 1.807) is 0 Å². The van der Waals surface area contributed by atoms with Crippen molar-refractivity contribution >= 4 is 33.6 Å². The predicted octanol–water partition coefficient (Wildman–Crippen LogP) is 3.79. The molecule has 4 aromatic rings. The molecule has 2 aliphatic rings. The third-order valence-electron chi connectivity index (χ3n) is 5.78. The molecule has 1 N–H and O–H groups in total. The molecule has 0 bridgehead atoms. The molecule has 0 saturated carbocycles. The Bertz CT molecular complexity index is 1330. The smallest absolute Gasteiger partial charge is 0.259 e. The fourth-order valence-electron chi connectivity index (χ4n) is 4.76. The molecule has 0 spiro atoms. The van der Waals surface area contributed by atoms with Crippen molar-refractivity contribution < 1.29 is 9.59 Å². The van der Waals surface area contributed by atoms with Gasteiger partial charge in [0.1, 0.15) is 0 Å². The molecule has 1 aromatic heterocycles. The molecule has 0 atom stereocenters. The van der Waals surface area contributed by atoms with Gasteiger partial charge in [-0.05, 0) is 29.2 Å². The fourth-order valence-corrected chi connectivity index (χ4v) is 4.76. The largest absolute Gasteiger partial charge is 0.343 e. The number of fused-ring (bicyclic) bond motifs is 10. The number of carbonyl (C=O) groups excluding carboxylic acids is 2. The van der Waals surface area contributed by atoms with E-state index >= 15 is 0 Å². The molecular formula is C22H14N2O2. The topological polar surface area (TPSA) is 51.1 Å². The second-order valence-corrected chi connectivity index (χ2v) is 7.02. The van der Waals surface area contributed by atoms with Gasteiger partial charge in [-0.2, -0.15) is 0 Å². The number of para-hydroxylation sites is 1. The van der Waals surface area contributed by atoms with Crippen LogP contribution < -0.4 is 5.32 Å². The van der Waals surface area contributed by atoms with Crippen LogP contribution in [0.4, 0.5) is 0 Å². The molecule has 0 unspecified atom stereocenters. The second kappa shape index (κ2) is 4.41. The molecule has 26 heavy (non-hydrogen) atoms. The normalized spacial score (nSPS) is 14.7. The van der Waals surface area contributed by atoms with Crippen LogP contribution in [0, 0.1) is 0 Å². The van der Waals surface area contributed by atoms with Gasteiger partial charge in [-0.3, -0.25) is 14.9 Å². The van der Waals surface area contributed by atoms with Crippen LogP contribution in [0.1, 0.15) is 31.8 Å². The molecule has 3 aromatic carbocycles. The highest BCUT2D eigenvalue weighted by Gasteiger charge is 2.38. The van der Waals surface area contributed by atoms with Crippen LogP contribution in [0.5, 0.6) is 0 Å². The van der Waals surface area contributed by atoms with Crippen molar-refractivity contribution in [3.63, 3.8) is 0 Å². The van der Waals surface area contributed by atoms with E-state index in [4.69, 9.17) is 0 Å². The number of aryl methyl sites for hydroxylation is 1. The van der Waals surface area contributed by atoms with Crippen molar-refractivity contribution in [3.8, 4) is 11.1 Å². The molecule has 0 radical (unpaired) electrons. The summed E-state index contributed by atoms with van der Waals surface area (Å²) < 4.78 is 2.15. The van der Waals surface area contributed by atoms with Crippen LogP contribution in [-0.4, -0.2) is 16.4 Å². The molecule has 124 valence electrons. The Hall–Kier alpha value is -3.40. The number of hydrogen-bond donors (Lipinski definition) is 1. The molecular weight excluding hydrogens is 324 g/mol. The fraction of sp³-hybridized carbons (Fsp3) is 0.0909. The van der Waals surface area contributed by atoms with Gasteiger partial charge >= 0.3 is 0 Å². The third-order valence-corrected chi connectivity index (χ3v) is 5.78. The molecule has 4 heteroatoms. The lowest BCUT2D eigenvalue weighted by atomic mass is 9.92. The number of nitrogens with zero attached hydrogens (tertiary/aromatic N) is 1. The van der Waals surface area contributed by atoms with Gasteiger partial charge in [-0.1, -0.05) is 42.5 Å². The summed E-state index contributed by atoms with van der Waals surface area (Å²) >= 11 is 0. The maximum Gasteiger partial charge on any atom is 0.259 e. The van der Waals surface area contributed by atoms with Crippen LogP contribution >= 0.6 is 0 Å². The quantitative estimate of drug-likeness (QED) is 0.437. The lowest BCUT2D eigenvalue weighted by molar-refractivity contribution is 0.0880. The Morgan fingerprint density at radius 3 is 2.50 bits per heavy atom. The summed E-state index contributed by atoms with van der Waals surface area (Å²) in [4.78, 5) is 25.3. The van der Waals surface area contributed by atoms with Crippen molar-refractivity contribution in [1.82, 2.24) is 9.88 Å². The second-order valence-electron chi connectivity index (χ2n) is 7.02. The minimum atomic E-state index is -0.287. The zero-order chi connectivity index (χ0) is 17.6. The van der Waals surface area contributed by atoms with E-state index in [0.717, 1.165) is 38.5 Å². The van der Waals surface area contributed by atoms with E-state index in [1.165, 1.54) is 5.56 Å². The Balaban J connectivity index is 1.96. The van der Waals surface area contributed by atoms with Gasteiger partial charge in [0.2, 0.25) is 0 Å². The average molecular weight is 338 g/mol. The summed E-state index contributed by atoms with van der Waals surface area (Å²) in [5, 5.41) is 4.42. The SMILES string of the molecule is Cn1c2ccccc2c2c3c(c4c(c21)-c1ccccc1C4)C(=O)NC3=O. The summed E-state index contributed by atoms with van der Waals surface area (Å²) in [6.07, 6.45) is 0.687. The lowest BCUT2D eigenvalue weighted by Gasteiger charge is -2.10. The van der Waals surface area contributed by atoms with Gasteiger partial charge in [0, 0.05) is 28.9 Å². The highest BCUT2D eigenvalue weighted by atomic mass is 16.2. The molecule has 0 fully saturated rings. The van der Waals surface area contributed by atoms with Gasteiger partial charge in [0.15, 0.2) is 0 Å². The average Bonchev–Trinajstić information content (AvgIpc) is 3.26. The minimum Gasteiger partial charge on any atom is -0.343 e. The van der Waals surface area contributed by atoms with Crippen molar-refractivity contribution in [2.75, 3.05) is 0 Å². The summed E-state index contributed by atoms with van der Waals surface area (Å²) in [6, 6.07) is 16.3. The van der Waals surface area contributed by atoms with Crippen LogP contribution in [-0.2, 0) is 13.5 Å². The van der Waals surface area contributed by atoms with Crippen LogP contribution in [0.15, 0.2) is 48.5 Å². The van der Waals surface area contributed by atoms with E-state index in [2.05, 4.69) is 28.1 Å². The van der Waals surface area contributed by atoms with Crippen LogP contribution in [0.25, 0.3) is 32.9 Å². The molecule has 0 saturated heterocycles. The lowest BCUT2D eigenvalue weighted by Crippen LogP contribution is -2.20. The first-order valence-electron chi connectivity index (χ1n) is 8.66. The van der Waals surface area contributed by atoms with Crippen molar-refractivity contribution in [2.45, 2.75) is 6.42 Å². The van der Waals surface area contributed by atoms with Gasteiger partial charge in [0.05, 0.1) is 16.6 Å². The van der Waals surface area contributed by atoms with Gasteiger partial charge in [0.25, 0.3) is 11.8 Å². The molecule has 2 amide bonds. The number of nitrogens with one attached hydrogen (secondary N) is 1. The first-order chi connectivity index (χ1) is 12.7. The standard InChI is InChI=1S/C22H14N2O2/c1-24-15-9-5-4-8-13(15)17-19-18(21(25)23-22(19)26)14-10-11-6-2-3-7-12(11)16(14)20(17)24/h2-9H,10H2,1H3,(H,23,25,26). The summed E-state index contributed by atoms with van der Waals surface area (Å²) in [5.74, 6) is -0.561. The predicted molar refractivity (Wildman–Crippen MR) is 100 cm³/mol. The number of hydrogen-bond acceptors (Lipinski definition) is 2. The zero-order valence-corrected chi connectivity index (χ0v) is 14.1. The van der Waals surface area contributed by atoms with Crippen molar-refractivity contribution in [3.05, 3.63) is 70.8 Å². The monoisotopic (exact) mass is 338 g/mol. The number of carbonyl (C=O) groups is 2. The number of imide groups is 1. The first-order valence-corrected chi connectivity index (χ1v) is 8.66. The number of benzene rings is 3. The Labute approximate surface area is 149 Å². The highest BCUT2D eigenvalue weighted by molar-refractivity contribution is 6.33. The summed E-state index contributed by atoms with van der Waals surface area (Å²) in [6.45, 7) is 0. The van der Waals surface area contributed by atoms with E-state index in [1.807, 2.05) is 37.4 Å². The molecule has 1 aliphatic carbocycles. The Morgan fingerprint density at radius 1 is 0.885 bits per heavy atom. The van der Waals surface area contributed by atoms with E-state index < -0.39 is 0 Å². The first kappa shape index (κ1) is 13.8. The maximum absolute atomic E-state index is 12.7. The third kappa shape index (κ3) is 1.42. The maximum atomic E-state index is 12.7. The van der Waals surface area contributed by atoms with Crippen LogP contribution in [0.2, 0.25) is 0 Å². The summed E-state index contributed by atoms with van der Waals surface area (Å²) in [5.41, 5.74) is 7.63. The number of aromatic nitrogens is 1.